The number of aryl methyl sites for hydroxylation is 1. The molecule has 0 bridgehead atoms. The molecule has 5 heteroatoms. The van der Waals surface area contributed by atoms with E-state index in [4.69, 9.17) is 4.74 Å². The van der Waals surface area contributed by atoms with Crippen LogP contribution in [0.1, 0.15) is 5.56 Å². The van der Waals surface area contributed by atoms with Crippen molar-refractivity contribution in [2.24, 2.45) is 0 Å². The summed E-state index contributed by atoms with van der Waals surface area (Å²) in [4.78, 5) is 0.799. The molecular weight excluding hydrogens is 250 g/mol. The van der Waals surface area contributed by atoms with Gasteiger partial charge in [0.2, 0.25) is 0 Å². The second kappa shape index (κ2) is 8.37. The molecule has 0 aromatic heterocycles. The molecule has 2 unspecified atom stereocenters. The minimum absolute atomic E-state index is 0.255. The summed E-state index contributed by atoms with van der Waals surface area (Å²) in [6.45, 7) is 3.65. The summed E-state index contributed by atoms with van der Waals surface area (Å²) in [6.07, 6.45) is -0.609. The number of hydrogen-bond acceptors (Lipinski definition) is 4. The van der Waals surface area contributed by atoms with Crippen LogP contribution in [-0.2, 0) is 15.5 Å². The van der Waals surface area contributed by atoms with Crippen molar-refractivity contribution in [1.82, 2.24) is 5.32 Å². The Morgan fingerprint density at radius 1 is 1.44 bits per heavy atom. The van der Waals surface area contributed by atoms with Gasteiger partial charge in [-0.25, -0.2) is 0 Å². The zero-order chi connectivity index (χ0) is 13.4. The van der Waals surface area contributed by atoms with Crippen molar-refractivity contribution in [2.75, 3.05) is 32.6 Å². The molecule has 4 nitrogen and oxygen atoms in total. The van der Waals surface area contributed by atoms with Gasteiger partial charge in [-0.3, -0.25) is 4.21 Å². The Morgan fingerprint density at radius 3 is 2.83 bits per heavy atom. The van der Waals surface area contributed by atoms with E-state index in [-0.39, 0.29) is 5.75 Å². The molecule has 102 valence electrons. The zero-order valence-electron chi connectivity index (χ0n) is 10.9. The number of nitrogens with one attached hydrogen (secondary N) is 1. The fourth-order valence-corrected chi connectivity index (χ4v) is 2.88. The Bertz CT molecular complexity index is 384. The molecule has 0 heterocycles. The highest BCUT2D eigenvalue weighted by Crippen LogP contribution is 2.12. The summed E-state index contributed by atoms with van der Waals surface area (Å²) < 4.78 is 16.9. The number of methoxy groups -OCH3 is 1. The van der Waals surface area contributed by atoms with Gasteiger partial charge < -0.3 is 15.2 Å². The molecule has 2 atom stereocenters. The Kier molecular flexibility index (Phi) is 7.12. The highest BCUT2D eigenvalue weighted by atomic mass is 32.2. The first-order chi connectivity index (χ1) is 8.65. The number of aliphatic hydroxyl groups excluding tert-OH is 1. The lowest BCUT2D eigenvalue weighted by atomic mass is 10.2. The summed E-state index contributed by atoms with van der Waals surface area (Å²) >= 11 is 0. The van der Waals surface area contributed by atoms with Crippen LogP contribution in [-0.4, -0.2) is 48.0 Å². The van der Waals surface area contributed by atoms with Crippen LogP contribution >= 0.6 is 0 Å². The molecule has 0 saturated heterocycles. The van der Waals surface area contributed by atoms with Gasteiger partial charge in [0.25, 0.3) is 0 Å². The van der Waals surface area contributed by atoms with E-state index in [2.05, 4.69) is 5.32 Å². The summed E-state index contributed by atoms with van der Waals surface area (Å²) in [5.41, 5.74) is 0.996. The predicted octanol–water partition coefficient (Wildman–Crippen LogP) is 0.700. The molecular formula is C13H21NO3S. The van der Waals surface area contributed by atoms with Crippen LogP contribution in [0.25, 0.3) is 0 Å². The van der Waals surface area contributed by atoms with Gasteiger partial charge in [0.15, 0.2) is 0 Å². The smallest absolute Gasteiger partial charge is 0.0783 e. The summed E-state index contributed by atoms with van der Waals surface area (Å²) in [6, 6.07) is 7.55. The highest BCUT2D eigenvalue weighted by molar-refractivity contribution is 7.85. The van der Waals surface area contributed by atoms with Gasteiger partial charge in [0.1, 0.15) is 0 Å². The molecule has 0 aliphatic rings. The van der Waals surface area contributed by atoms with E-state index in [0.717, 1.165) is 10.5 Å². The quantitative estimate of drug-likeness (QED) is 0.683. The van der Waals surface area contributed by atoms with Crippen molar-refractivity contribution in [3.63, 3.8) is 0 Å². The standard InChI is InChI=1S/C13H21NO3S/c1-11-5-3-4-6-13(11)18(16)10-12(15)9-14-7-8-17-2/h3-6,12,14-15H,7-10H2,1-2H3. The fourth-order valence-electron chi connectivity index (χ4n) is 1.58. The van der Waals surface area contributed by atoms with E-state index in [1.165, 1.54) is 0 Å². The maximum Gasteiger partial charge on any atom is 0.0783 e. The normalized spacial score (nSPS) is 14.4. The highest BCUT2D eigenvalue weighted by Gasteiger charge is 2.12. The van der Waals surface area contributed by atoms with E-state index in [9.17, 15) is 9.32 Å². The zero-order valence-corrected chi connectivity index (χ0v) is 11.7. The topological polar surface area (TPSA) is 58.6 Å². The molecule has 2 N–H and O–H groups in total. The molecule has 0 spiro atoms. The average Bonchev–Trinajstić information content (AvgIpc) is 2.35. The van der Waals surface area contributed by atoms with Crippen molar-refractivity contribution >= 4 is 10.8 Å². The molecule has 0 fully saturated rings. The Morgan fingerprint density at radius 2 is 2.17 bits per heavy atom. The number of rotatable bonds is 8. The largest absolute Gasteiger partial charge is 0.391 e. The van der Waals surface area contributed by atoms with E-state index in [0.29, 0.717) is 19.7 Å². The van der Waals surface area contributed by atoms with Crippen LogP contribution in [0.5, 0.6) is 0 Å². The predicted molar refractivity (Wildman–Crippen MR) is 73.2 cm³/mol. The lowest BCUT2D eigenvalue weighted by molar-refractivity contribution is 0.174. The van der Waals surface area contributed by atoms with Crippen LogP contribution in [0, 0.1) is 6.92 Å². The lowest BCUT2D eigenvalue weighted by Crippen LogP contribution is -2.32. The third-order valence-corrected chi connectivity index (χ3v) is 4.18. The van der Waals surface area contributed by atoms with Crippen molar-refractivity contribution < 1.29 is 14.1 Å². The maximum absolute atomic E-state index is 12.1. The van der Waals surface area contributed by atoms with Gasteiger partial charge in [-0.15, -0.1) is 0 Å². The number of aliphatic hydroxyl groups is 1. The van der Waals surface area contributed by atoms with E-state index >= 15 is 0 Å². The molecule has 1 aromatic carbocycles. The van der Waals surface area contributed by atoms with E-state index < -0.39 is 16.9 Å². The molecule has 0 aliphatic carbocycles. The Labute approximate surface area is 111 Å². The second-order valence-electron chi connectivity index (χ2n) is 4.13. The van der Waals surface area contributed by atoms with Crippen molar-refractivity contribution in [3.8, 4) is 0 Å². The summed E-state index contributed by atoms with van der Waals surface area (Å²) in [7, 11) is 0.477. The minimum atomic E-state index is -1.15. The Balaban J connectivity index is 2.38. The van der Waals surface area contributed by atoms with Crippen LogP contribution < -0.4 is 5.32 Å². The van der Waals surface area contributed by atoms with Crippen molar-refractivity contribution in [3.05, 3.63) is 29.8 Å². The van der Waals surface area contributed by atoms with Crippen LogP contribution in [0.4, 0.5) is 0 Å². The van der Waals surface area contributed by atoms with Gasteiger partial charge in [-0.2, -0.15) is 0 Å². The monoisotopic (exact) mass is 271 g/mol. The van der Waals surface area contributed by atoms with Crippen molar-refractivity contribution in [1.29, 1.82) is 0 Å². The molecule has 18 heavy (non-hydrogen) atoms. The van der Waals surface area contributed by atoms with E-state index in [1.807, 2.05) is 31.2 Å². The molecule has 1 rings (SSSR count). The number of benzene rings is 1. The Hall–Kier alpha value is -0.750. The van der Waals surface area contributed by atoms with Crippen LogP contribution in [0.2, 0.25) is 0 Å². The van der Waals surface area contributed by atoms with Gasteiger partial charge in [-0.05, 0) is 18.6 Å². The van der Waals surface area contributed by atoms with Gasteiger partial charge in [-0.1, -0.05) is 18.2 Å². The maximum atomic E-state index is 12.1. The van der Waals surface area contributed by atoms with Gasteiger partial charge in [0.05, 0.1) is 29.3 Å². The molecule has 0 aliphatic heterocycles. The SMILES string of the molecule is COCCNCC(O)CS(=O)c1ccccc1C. The van der Waals surface area contributed by atoms with Gasteiger partial charge in [0, 0.05) is 25.1 Å². The molecule has 0 saturated carbocycles. The van der Waals surface area contributed by atoms with Crippen LogP contribution in [0.15, 0.2) is 29.2 Å². The third-order valence-electron chi connectivity index (χ3n) is 2.55. The number of ether oxygens (including phenoxy) is 1. The summed E-state index contributed by atoms with van der Waals surface area (Å²) in [5, 5.41) is 12.8. The first-order valence-corrected chi connectivity index (χ1v) is 7.28. The second-order valence-corrected chi connectivity index (χ2v) is 5.59. The van der Waals surface area contributed by atoms with Crippen LogP contribution in [0.3, 0.4) is 0 Å². The average molecular weight is 271 g/mol. The van der Waals surface area contributed by atoms with Gasteiger partial charge >= 0.3 is 0 Å². The first-order valence-electron chi connectivity index (χ1n) is 5.97. The molecule has 0 amide bonds. The lowest BCUT2D eigenvalue weighted by Gasteiger charge is -2.12. The minimum Gasteiger partial charge on any atom is -0.391 e. The van der Waals surface area contributed by atoms with Crippen molar-refractivity contribution in [2.45, 2.75) is 17.9 Å². The molecule has 1 aromatic rings. The summed E-state index contributed by atoms with van der Waals surface area (Å²) in [5.74, 6) is 0.255. The first kappa shape index (κ1) is 15.3. The molecule has 0 radical (unpaired) electrons. The number of hydrogen-bond donors (Lipinski definition) is 2. The third kappa shape index (κ3) is 5.27. The fraction of sp³-hybridized carbons (Fsp3) is 0.538. The van der Waals surface area contributed by atoms with E-state index in [1.54, 1.807) is 7.11 Å².